The molecule has 2 aliphatic heterocycles. The number of hydrogen-bond donors (Lipinski definition) is 1. The number of rotatable bonds is 4. The molecule has 3 heterocycles. The van der Waals surface area contributed by atoms with E-state index >= 15 is 0 Å². The largest absolute Gasteiger partial charge is 0.465 e. The Hall–Kier alpha value is -3.17. The van der Waals surface area contributed by atoms with Crippen molar-refractivity contribution in [1.29, 1.82) is 0 Å². The number of esters is 1. The highest BCUT2D eigenvalue weighted by atomic mass is 32.2. The standard InChI is InChI=1S/C25H27N3O5S/c1-33-25(30)19-7-3-5-9-23(19)34(31,32)28-14-10-17(11-15-28)24(29)27-13-12-22-20(16-27)18-6-2-4-8-21(18)26-22/h2-9,17,26H,10-16H2,1H3. The number of methoxy groups -OCH3 is 1. The Balaban J connectivity index is 1.28. The van der Waals surface area contributed by atoms with Gasteiger partial charge in [-0.1, -0.05) is 30.3 Å². The predicted octanol–water partition coefficient (Wildman–Crippen LogP) is 2.94. The van der Waals surface area contributed by atoms with E-state index in [1.165, 1.54) is 34.8 Å². The number of sulfonamides is 1. The lowest BCUT2D eigenvalue weighted by molar-refractivity contribution is -0.137. The molecule has 178 valence electrons. The number of carbonyl (C=O) groups excluding carboxylic acids is 2. The molecule has 1 N–H and O–H groups in total. The SMILES string of the molecule is COC(=O)c1ccccc1S(=O)(=O)N1CCC(C(=O)N2CCc3[nH]c4ccccc4c3C2)CC1. The number of fused-ring (bicyclic) bond motifs is 3. The van der Waals surface area contributed by atoms with Crippen molar-refractivity contribution in [1.82, 2.24) is 14.2 Å². The molecule has 9 heteroatoms. The van der Waals surface area contributed by atoms with Gasteiger partial charge in [-0.15, -0.1) is 0 Å². The number of aromatic nitrogens is 1. The first kappa shape index (κ1) is 22.6. The number of hydrogen-bond acceptors (Lipinski definition) is 5. The van der Waals surface area contributed by atoms with Crippen molar-refractivity contribution in [3.05, 3.63) is 65.4 Å². The van der Waals surface area contributed by atoms with Crippen molar-refractivity contribution in [3.63, 3.8) is 0 Å². The Bertz CT molecular complexity index is 1360. The van der Waals surface area contributed by atoms with Gasteiger partial charge >= 0.3 is 5.97 Å². The predicted molar refractivity (Wildman–Crippen MR) is 127 cm³/mol. The second-order valence-electron chi connectivity index (χ2n) is 8.80. The minimum Gasteiger partial charge on any atom is -0.465 e. The minimum absolute atomic E-state index is 0.0195. The van der Waals surface area contributed by atoms with Crippen LogP contribution in [0.2, 0.25) is 0 Å². The lowest BCUT2D eigenvalue weighted by Gasteiger charge is -2.35. The van der Waals surface area contributed by atoms with Gasteiger partial charge in [0, 0.05) is 60.7 Å². The highest BCUT2D eigenvalue weighted by Crippen LogP contribution is 2.31. The number of para-hydroxylation sites is 1. The van der Waals surface area contributed by atoms with Gasteiger partial charge in [-0.25, -0.2) is 13.2 Å². The van der Waals surface area contributed by atoms with Crippen LogP contribution in [-0.4, -0.2) is 61.2 Å². The van der Waals surface area contributed by atoms with Crippen LogP contribution in [0.4, 0.5) is 0 Å². The molecule has 8 nitrogen and oxygen atoms in total. The summed E-state index contributed by atoms with van der Waals surface area (Å²) in [5.74, 6) is -0.817. The topological polar surface area (TPSA) is 99.8 Å². The Morgan fingerprint density at radius 3 is 2.47 bits per heavy atom. The van der Waals surface area contributed by atoms with E-state index in [0.717, 1.165) is 17.3 Å². The summed E-state index contributed by atoms with van der Waals surface area (Å²) in [5.41, 5.74) is 3.48. The summed E-state index contributed by atoms with van der Waals surface area (Å²) in [6.45, 7) is 1.70. The molecule has 0 aliphatic carbocycles. The maximum Gasteiger partial charge on any atom is 0.339 e. The quantitative estimate of drug-likeness (QED) is 0.578. The Labute approximate surface area is 198 Å². The van der Waals surface area contributed by atoms with E-state index in [9.17, 15) is 18.0 Å². The Kier molecular flexibility index (Phi) is 5.91. The fraction of sp³-hybridized carbons (Fsp3) is 0.360. The Morgan fingerprint density at radius 1 is 1.00 bits per heavy atom. The van der Waals surface area contributed by atoms with Crippen LogP contribution in [0.3, 0.4) is 0 Å². The summed E-state index contributed by atoms with van der Waals surface area (Å²) in [6, 6.07) is 14.2. The molecule has 0 unspecified atom stereocenters. The Morgan fingerprint density at radius 2 is 1.71 bits per heavy atom. The van der Waals surface area contributed by atoms with Crippen molar-refractivity contribution < 1.29 is 22.7 Å². The zero-order valence-corrected chi connectivity index (χ0v) is 19.8. The number of benzene rings is 2. The molecule has 0 saturated carbocycles. The van der Waals surface area contributed by atoms with Crippen molar-refractivity contribution in [2.75, 3.05) is 26.7 Å². The number of piperidine rings is 1. The first-order valence-corrected chi connectivity index (χ1v) is 12.9. The van der Waals surface area contributed by atoms with Crippen LogP contribution in [0.1, 0.15) is 34.5 Å². The molecular weight excluding hydrogens is 454 g/mol. The van der Waals surface area contributed by atoms with E-state index in [-0.39, 0.29) is 35.4 Å². The summed E-state index contributed by atoms with van der Waals surface area (Å²) >= 11 is 0. The summed E-state index contributed by atoms with van der Waals surface area (Å²) in [4.78, 5) is 30.7. The van der Waals surface area contributed by atoms with Crippen LogP contribution in [0, 0.1) is 5.92 Å². The molecule has 3 aromatic rings. The van der Waals surface area contributed by atoms with Crippen molar-refractivity contribution in [3.8, 4) is 0 Å². The van der Waals surface area contributed by atoms with Gasteiger partial charge < -0.3 is 14.6 Å². The first-order valence-electron chi connectivity index (χ1n) is 11.4. The minimum atomic E-state index is -3.88. The molecule has 5 rings (SSSR count). The maximum atomic E-state index is 13.3. The van der Waals surface area contributed by atoms with Gasteiger partial charge in [0.05, 0.1) is 17.6 Å². The normalized spacial score (nSPS) is 17.5. The van der Waals surface area contributed by atoms with Crippen molar-refractivity contribution in [2.24, 2.45) is 5.92 Å². The molecule has 1 saturated heterocycles. The zero-order valence-electron chi connectivity index (χ0n) is 19.0. The van der Waals surface area contributed by atoms with E-state index in [0.29, 0.717) is 25.9 Å². The monoisotopic (exact) mass is 481 g/mol. The number of aromatic amines is 1. The van der Waals surface area contributed by atoms with E-state index in [2.05, 4.69) is 11.1 Å². The number of nitrogens with one attached hydrogen (secondary N) is 1. The summed E-state index contributed by atoms with van der Waals surface area (Å²) in [7, 11) is -2.65. The average molecular weight is 482 g/mol. The van der Waals surface area contributed by atoms with Gasteiger partial charge in [-0.2, -0.15) is 4.31 Å². The van der Waals surface area contributed by atoms with Gasteiger partial charge in [-0.3, -0.25) is 4.79 Å². The molecule has 2 aliphatic rings. The molecule has 34 heavy (non-hydrogen) atoms. The molecule has 1 fully saturated rings. The van der Waals surface area contributed by atoms with Crippen LogP contribution in [0.15, 0.2) is 53.4 Å². The number of amides is 1. The third-order valence-electron chi connectivity index (χ3n) is 6.91. The highest BCUT2D eigenvalue weighted by molar-refractivity contribution is 7.89. The van der Waals surface area contributed by atoms with E-state index in [1.807, 2.05) is 23.1 Å². The first-order chi connectivity index (χ1) is 16.4. The van der Waals surface area contributed by atoms with Crippen LogP contribution < -0.4 is 0 Å². The second-order valence-corrected chi connectivity index (χ2v) is 10.7. The number of ether oxygens (including phenoxy) is 1. The third kappa shape index (κ3) is 3.88. The maximum absolute atomic E-state index is 13.3. The van der Waals surface area contributed by atoms with Gasteiger partial charge in [0.1, 0.15) is 0 Å². The molecular formula is C25H27N3O5S. The van der Waals surface area contributed by atoms with E-state index in [4.69, 9.17) is 4.74 Å². The van der Waals surface area contributed by atoms with Crippen LogP contribution in [0.5, 0.6) is 0 Å². The van der Waals surface area contributed by atoms with Gasteiger partial charge in [0.25, 0.3) is 0 Å². The van der Waals surface area contributed by atoms with E-state index in [1.54, 1.807) is 12.1 Å². The molecule has 2 aromatic carbocycles. The molecule has 0 spiro atoms. The smallest absolute Gasteiger partial charge is 0.339 e. The van der Waals surface area contributed by atoms with Crippen LogP contribution >= 0.6 is 0 Å². The molecule has 0 bridgehead atoms. The molecule has 0 radical (unpaired) electrons. The molecule has 1 aromatic heterocycles. The lowest BCUT2D eigenvalue weighted by Crippen LogP contribution is -2.45. The fourth-order valence-corrected chi connectivity index (χ4v) is 6.71. The zero-order chi connectivity index (χ0) is 23.9. The average Bonchev–Trinajstić information content (AvgIpc) is 3.26. The van der Waals surface area contributed by atoms with Crippen molar-refractivity contribution >= 4 is 32.8 Å². The highest BCUT2D eigenvalue weighted by Gasteiger charge is 2.36. The number of nitrogens with zero attached hydrogens (tertiary/aromatic N) is 2. The molecule has 1 amide bonds. The summed E-state index contributed by atoms with van der Waals surface area (Å²) < 4.78 is 32.6. The number of carbonyl (C=O) groups is 2. The van der Waals surface area contributed by atoms with Crippen LogP contribution in [0.25, 0.3) is 10.9 Å². The fourth-order valence-electron chi connectivity index (χ4n) is 5.07. The molecule has 0 atom stereocenters. The lowest BCUT2D eigenvalue weighted by atomic mass is 9.95. The van der Waals surface area contributed by atoms with Gasteiger partial charge in [0.2, 0.25) is 15.9 Å². The van der Waals surface area contributed by atoms with E-state index < -0.39 is 16.0 Å². The summed E-state index contributed by atoms with van der Waals surface area (Å²) in [6.07, 6.45) is 1.69. The van der Waals surface area contributed by atoms with Crippen molar-refractivity contribution in [2.45, 2.75) is 30.7 Å². The second kappa shape index (κ2) is 8.88. The van der Waals surface area contributed by atoms with Gasteiger partial charge in [-0.05, 0) is 31.0 Å². The van der Waals surface area contributed by atoms with Crippen LogP contribution in [-0.2, 0) is 32.5 Å². The third-order valence-corrected chi connectivity index (χ3v) is 8.86. The van der Waals surface area contributed by atoms with Gasteiger partial charge in [0.15, 0.2) is 0 Å². The summed E-state index contributed by atoms with van der Waals surface area (Å²) in [5, 5.41) is 1.15. The number of H-pyrrole nitrogens is 1.